The second-order valence-corrected chi connectivity index (χ2v) is 10.9. The van der Waals surface area contributed by atoms with E-state index in [4.69, 9.17) is 26.1 Å². The van der Waals surface area contributed by atoms with Gasteiger partial charge in [0.1, 0.15) is 23.4 Å². The van der Waals surface area contributed by atoms with Crippen molar-refractivity contribution < 1.29 is 19.1 Å². The summed E-state index contributed by atoms with van der Waals surface area (Å²) in [4.78, 5) is 31.8. The lowest BCUT2D eigenvalue weighted by Gasteiger charge is -2.27. The summed E-state index contributed by atoms with van der Waals surface area (Å²) in [5, 5.41) is 3.39. The van der Waals surface area contributed by atoms with Gasteiger partial charge in [-0.15, -0.1) is 0 Å². The van der Waals surface area contributed by atoms with Gasteiger partial charge in [-0.1, -0.05) is 53.6 Å². The van der Waals surface area contributed by atoms with Crippen molar-refractivity contribution in [3.05, 3.63) is 94.0 Å². The molecule has 3 aromatic carbocycles. The number of rotatable bonds is 7. The molecule has 0 bridgehead atoms. The van der Waals surface area contributed by atoms with Crippen LogP contribution in [0, 0.1) is 6.92 Å². The number of methoxy groups -OCH3 is 1. The summed E-state index contributed by atoms with van der Waals surface area (Å²) in [6.45, 7) is 8.30. The van der Waals surface area contributed by atoms with Gasteiger partial charge in [-0.3, -0.25) is 24.4 Å². The van der Waals surface area contributed by atoms with Crippen LogP contribution in [0.25, 0.3) is 0 Å². The summed E-state index contributed by atoms with van der Waals surface area (Å²) in [6.07, 6.45) is 0.797. The van der Waals surface area contributed by atoms with Gasteiger partial charge in [0, 0.05) is 24.2 Å². The van der Waals surface area contributed by atoms with Crippen LogP contribution in [0.1, 0.15) is 48.2 Å². The fourth-order valence-corrected chi connectivity index (χ4v) is 4.96. The van der Waals surface area contributed by atoms with Crippen molar-refractivity contribution >= 4 is 29.8 Å². The van der Waals surface area contributed by atoms with Crippen LogP contribution in [0.15, 0.2) is 71.7 Å². The summed E-state index contributed by atoms with van der Waals surface area (Å²) < 4.78 is 11.5. The minimum absolute atomic E-state index is 0.0532. The first-order valence-corrected chi connectivity index (χ1v) is 14.0. The second-order valence-electron chi connectivity index (χ2n) is 10.4. The second kappa shape index (κ2) is 13.7. The molecule has 0 spiro atoms. The highest BCUT2D eigenvalue weighted by Gasteiger charge is 2.39. The molecule has 0 saturated carbocycles. The highest BCUT2D eigenvalue weighted by Crippen LogP contribution is 2.44. The Morgan fingerprint density at radius 3 is 2.29 bits per heavy atom. The minimum atomic E-state index is -0.298. The number of aliphatic imine (C=N–C) groups is 1. The number of ether oxygens (including phenoxy) is 2. The first kappa shape index (κ1) is 30.1. The summed E-state index contributed by atoms with van der Waals surface area (Å²) >= 11 is 6.14. The lowest BCUT2D eigenvalue weighted by atomic mass is 9.93. The topological polar surface area (TPSA) is 83.5 Å². The lowest BCUT2D eigenvalue weighted by molar-refractivity contribution is -0.123. The van der Waals surface area contributed by atoms with Crippen molar-refractivity contribution in [1.29, 1.82) is 0 Å². The zero-order valence-corrected chi connectivity index (χ0v) is 24.9. The van der Waals surface area contributed by atoms with Crippen LogP contribution < -0.4 is 14.8 Å². The first-order valence-electron chi connectivity index (χ1n) is 13.6. The molecule has 8 nitrogen and oxygen atoms in total. The Labute approximate surface area is 246 Å². The molecule has 216 valence electrons. The molecule has 5 rings (SSSR count). The number of likely N-dealkylation sites (N-methyl/N-ethyl adjacent to an activating group) is 1. The zero-order valence-electron chi connectivity index (χ0n) is 24.1. The Morgan fingerprint density at radius 2 is 1.73 bits per heavy atom. The van der Waals surface area contributed by atoms with Crippen LogP contribution in [-0.4, -0.2) is 67.8 Å². The number of hydrogen-bond donors (Lipinski definition) is 1. The number of halogens is 1. The highest BCUT2D eigenvalue weighted by atomic mass is 35.5. The van der Waals surface area contributed by atoms with Gasteiger partial charge in [-0.05, 0) is 63.2 Å². The van der Waals surface area contributed by atoms with Crippen molar-refractivity contribution in [2.75, 3.05) is 33.8 Å². The predicted molar refractivity (Wildman–Crippen MR) is 162 cm³/mol. The molecule has 2 aliphatic heterocycles. The SMILES string of the molecule is CN1CCNC(=O)C1.COc1ccc(C2=NC(c3ccc(Cl)cc3)C(c3ccc(C)cc3)N2C=O)c(OC(C)C)c1. The van der Waals surface area contributed by atoms with Crippen LogP contribution in [0.3, 0.4) is 0 Å². The van der Waals surface area contributed by atoms with Crippen molar-refractivity contribution in [2.24, 2.45) is 4.99 Å². The molecule has 2 unspecified atom stereocenters. The van der Waals surface area contributed by atoms with Gasteiger partial charge >= 0.3 is 0 Å². The van der Waals surface area contributed by atoms with Gasteiger partial charge in [-0.25, -0.2) is 0 Å². The van der Waals surface area contributed by atoms with E-state index in [1.807, 2.05) is 75.2 Å². The normalized spacial score (nSPS) is 18.8. The quantitative estimate of drug-likeness (QED) is 0.391. The third kappa shape index (κ3) is 7.45. The summed E-state index contributed by atoms with van der Waals surface area (Å²) in [6, 6.07) is 20.8. The monoisotopic (exact) mass is 576 g/mol. The van der Waals surface area contributed by atoms with Crippen LogP contribution in [-0.2, 0) is 9.59 Å². The highest BCUT2D eigenvalue weighted by molar-refractivity contribution is 6.30. The van der Waals surface area contributed by atoms with E-state index in [2.05, 4.69) is 29.6 Å². The molecule has 1 N–H and O–H groups in total. The number of carbonyl (C=O) groups is 2. The Hall–Kier alpha value is -3.88. The molecule has 1 saturated heterocycles. The molecule has 2 aliphatic rings. The number of carbonyl (C=O) groups excluding carboxylic acids is 2. The van der Waals surface area contributed by atoms with Crippen LogP contribution >= 0.6 is 11.6 Å². The average Bonchev–Trinajstić information content (AvgIpc) is 3.33. The van der Waals surface area contributed by atoms with Crippen molar-refractivity contribution in [3.8, 4) is 11.5 Å². The molecular weight excluding hydrogens is 540 g/mol. The third-order valence-corrected chi connectivity index (χ3v) is 7.12. The fourth-order valence-electron chi connectivity index (χ4n) is 4.83. The fraction of sp³-hybridized carbons (Fsp3) is 0.344. The Morgan fingerprint density at radius 1 is 1.05 bits per heavy atom. The van der Waals surface area contributed by atoms with E-state index in [0.29, 0.717) is 28.9 Å². The van der Waals surface area contributed by atoms with E-state index >= 15 is 0 Å². The van der Waals surface area contributed by atoms with E-state index in [0.717, 1.165) is 41.8 Å². The number of amidine groups is 1. The summed E-state index contributed by atoms with van der Waals surface area (Å²) in [5.41, 5.74) is 3.88. The summed E-state index contributed by atoms with van der Waals surface area (Å²) in [7, 11) is 3.56. The predicted octanol–water partition coefficient (Wildman–Crippen LogP) is 5.19. The first-order chi connectivity index (χ1) is 19.7. The van der Waals surface area contributed by atoms with Gasteiger partial charge in [0.05, 0.1) is 31.4 Å². The van der Waals surface area contributed by atoms with E-state index in [1.54, 1.807) is 12.0 Å². The van der Waals surface area contributed by atoms with Gasteiger partial charge in [-0.2, -0.15) is 0 Å². The van der Waals surface area contributed by atoms with Gasteiger partial charge in [0.15, 0.2) is 0 Å². The maximum Gasteiger partial charge on any atom is 0.234 e. The number of piperazine rings is 1. The van der Waals surface area contributed by atoms with E-state index in [-0.39, 0.29) is 24.1 Å². The minimum Gasteiger partial charge on any atom is -0.497 e. The van der Waals surface area contributed by atoms with E-state index in [1.165, 1.54) is 0 Å². The number of benzene rings is 3. The summed E-state index contributed by atoms with van der Waals surface area (Å²) in [5.74, 6) is 2.00. The molecule has 41 heavy (non-hydrogen) atoms. The molecule has 1 fully saturated rings. The largest absolute Gasteiger partial charge is 0.497 e. The maximum absolute atomic E-state index is 12.5. The van der Waals surface area contributed by atoms with E-state index < -0.39 is 0 Å². The Bertz CT molecular complexity index is 1380. The number of nitrogens with one attached hydrogen (secondary N) is 1. The van der Waals surface area contributed by atoms with Crippen LogP contribution in [0.2, 0.25) is 5.02 Å². The smallest absolute Gasteiger partial charge is 0.234 e. The van der Waals surface area contributed by atoms with Gasteiger partial charge in [0.2, 0.25) is 12.3 Å². The lowest BCUT2D eigenvalue weighted by Crippen LogP contribution is -2.45. The molecule has 0 aromatic heterocycles. The van der Waals surface area contributed by atoms with Gasteiger partial charge < -0.3 is 14.8 Å². The third-order valence-electron chi connectivity index (χ3n) is 6.87. The molecule has 0 aliphatic carbocycles. The van der Waals surface area contributed by atoms with Crippen molar-refractivity contribution in [1.82, 2.24) is 15.1 Å². The number of nitrogens with zero attached hydrogens (tertiary/aromatic N) is 3. The average molecular weight is 577 g/mol. The molecular formula is C32H37ClN4O4. The molecule has 2 heterocycles. The standard InChI is InChI=1S/C27H27ClN2O3.C5H10N2O/c1-17(2)33-24-15-22(32-4)13-14-23(24)27-29-25(19-9-11-21(28)12-10-19)26(30(27)16-31)20-7-5-18(3)6-8-20;1-7-3-2-6-5(8)4-7/h5-17,25-26H,1-4H3;2-4H2,1H3,(H,6,8). The number of aryl methyl sites for hydroxylation is 1. The zero-order chi connectivity index (χ0) is 29.5. The number of hydrogen-bond acceptors (Lipinski definition) is 6. The molecule has 2 atom stereocenters. The maximum atomic E-state index is 12.5. The van der Waals surface area contributed by atoms with Crippen molar-refractivity contribution in [2.45, 2.75) is 39.0 Å². The molecule has 2 amide bonds. The van der Waals surface area contributed by atoms with Crippen LogP contribution in [0.4, 0.5) is 0 Å². The molecule has 0 radical (unpaired) electrons. The number of amides is 2. The van der Waals surface area contributed by atoms with E-state index in [9.17, 15) is 9.59 Å². The Kier molecular flexibility index (Phi) is 10.0. The van der Waals surface area contributed by atoms with Crippen LogP contribution in [0.5, 0.6) is 11.5 Å². The van der Waals surface area contributed by atoms with Gasteiger partial charge in [0.25, 0.3) is 0 Å². The molecule has 9 heteroatoms. The Balaban J connectivity index is 0.000000417. The molecule has 3 aromatic rings. The van der Waals surface area contributed by atoms with Crippen molar-refractivity contribution in [3.63, 3.8) is 0 Å².